The van der Waals surface area contributed by atoms with E-state index in [2.05, 4.69) is 49.2 Å². The Morgan fingerprint density at radius 1 is 1.30 bits per heavy atom. The maximum Gasteiger partial charge on any atom is 0.0865 e. The maximum atomic E-state index is 3.04. The smallest absolute Gasteiger partial charge is 0.0865 e. The molecule has 1 rings (SSSR count). The zero-order valence-electron chi connectivity index (χ0n) is 7.02. The van der Waals surface area contributed by atoms with E-state index >= 15 is 0 Å². The van der Waals surface area contributed by atoms with Crippen molar-refractivity contribution in [3.8, 4) is 0 Å². The van der Waals surface area contributed by atoms with E-state index in [1.807, 2.05) is 0 Å². The third kappa shape index (κ3) is 1.46. The van der Waals surface area contributed by atoms with Crippen LogP contribution in [-0.2, 0) is 0 Å². The van der Waals surface area contributed by atoms with Crippen LogP contribution in [0.4, 0.5) is 0 Å². The van der Waals surface area contributed by atoms with Gasteiger partial charge in [0, 0.05) is 5.54 Å². The van der Waals surface area contributed by atoms with E-state index in [0.29, 0.717) is 6.17 Å². The third-order valence-electron chi connectivity index (χ3n) is 1.57. The zero-order valence-corrected chi connectivity index (χ0v) is 7.02. The molecule has 4 heteroatoms. The monoisotopic (exact) mass is 144 g/mol. The fourth-order valence-electron chi connectivity index (χ4n) is 1.11. The van der Waals surface area contributed by atoms with Crippen LogP contribution in [0.1, 0.15) is 27.7 Å². The van der Waals surface area contributed by atoms with E-state index in [0.717, 1.165) is 0 Å². The van der Waals surface area contributed by atoms with Crippen LogP contribution in [-0.4, -0.2) is 16.7 Å². The summed E-state index contributed by atoms with van der Waals surface area (Å²) >= 11 is 0. The molecule has 1 aliphatic heterocycles. The number of hydrogen-bond acceptors (Lipinski definition) is 4. The van der Waals surface area contributed by atoms with E-state index < -0.39 is 0 Å². The first-order valence-corrected chi connectivity index (χ1v) is 3.57. The van der Waals surface area contributed by atoms with Crippen molar-refractivity contribution in [3.05, 3.63) is 0 Å². The van der Waals surface area contributed by atoms with Gasteiger partial charge in [-0.25, -0.2) is 10.4 Å². The SMILES string of the molecule is CC1NNNN1C(C)(C)C. The molecule has 0 aromatic heterocycles. The molecular formula is C6H16N4. The van der Waals surface area contributed by atoms with E-state index in [4.69, 9.17) is 0 Å². The van der Waals surface area contributed by atoms with E-state index in [-0.39, 0.29) is 5.54 Å². The summed E-state index contributed by atoms with van der Waals surface area (Å²) in [5, 5.41) is 2.12. The van der Waals surface area contributed by atoms with E-state index in [9.17, 15) is 0 Å². The number of rotatable bonds is 0. The predicted molar refractivity (Wildman–Crippen MR) is 40.5 cm³/mol. The Bertz CT molecular complexity index is 117. The highest BCUT2D eigenvalue weighted by Gasteiger charge is 2.29. The first kappa shape index (κ1) is 7.94. The molecule has 0 saturated carbocycles. The Morgan fingerprint density at radius 2 is 1.90 bits per heavy atom. The number of nitrogens with one attached hydrogen (secondary N) is 3. The van der Waals surface area contributed by atoms with Crippen LogP contribution in [0.15, 0.2) is 0 Å². The van der Waals surface area contributed by atoms with Crippen LogP contribution in [0.3, 0.4) is 0 Å². The van der Waals surface area contributed by atoms with Gasteiger partial charge >= 0.3 is 0 Å². The molecule has 1 saturated heterocycles. The Kier molecular flexibility index (Phi) is 1.96. The lowest BCUT2D eigenvalue weighted by molar-refractivity contribution is 0.0662. The number of hydrogen-bond donors (Lipinski definition) is 3. The van der Waals surface area contributed by atoms with Gasteiger partial charge in [-0.05, 0) is 27.7 Å². The van der Waals surface area contributed by atoms with Crippen molar-refractivity contribution in [1.29, 1.82) is 0 Å². The van der Waals surface area contributed by atoms with Gasteiger partial charge in [0.2, 0.25) is 0 Å². The Balaban J connectivity index is 2.55. The van der Waals surface area contributed by atoms with Crippen LogP contribution in [0.5, 0.6) is 0 Å². The van der Waals surface area contributed by atoms with Crippen molar-refractivity contribution < 1.29 is 0 Å². The fourth-order valence-corrected chi connectivity index (χ4v) is 1.11. The van der Waals surface area contributed by atoms with E-state index in [1.165, 1.54) is 0 Å². The fraction of sp³-hybridized carbons (Fsp3) is 1.00. The lowest BCUT2D eigenvalue weighted by Crippen LogP contribution is -2.51. The molecule has 0 amide bonds. The van der Waals surface area contributed by atoms with Crippen LogP contribution in [0, 0.1) is 0 Å². The summed E-state index contributed by atoms with van der Waals surface area (Å²) in [6.45, 7) is 8.57. The highest BCUT2D eigenvalue weighted by atomic mass is 15.9. The molecule has 1 atom stereocenters. The van der Waals surface area contributed by atoms with Gasteiger partial charge in [-0.15, -0.1) is 0 Å². The lowest BCUT2D eigenvalue weighted by atomic mass is 10.1. The van der Waals surface area contributed by atoms with Crippen molar-refractivity contribution in [2.75, 3.05) is 0 Å². The highest BCUT2D eigenvalue weighted by Crippen LogP contribution is 2.13. The van der Waals surface area contributed by atoms with Gasteiger partial charge in [0.05, 0.1) is 6.17 Å². The average molecular weight is 144 g/mol. The quantitative estimate of drug-likeness (QED) is 0.446. The third-order valence-corrected chi connectivity index (χ3v) is 1.57. The molecular weight excluding hydrogens is 128 g/mol. The van der Waals surface area contributed by atoms with Crippen LogP contribution >= 0.6 is 0 Å². The molecule has 1 unspecified atom stereocenters. The molecule has 4 nitrogen and oxygen atoms in total. The van der Waals surface area contributed by atoms with Crippen molar-refractivity contribution in [2.24, 2.45) is 0 Å². The Labute approximate surface area is 61.9 Å². The predicted octanol–water partition coefficient (Wildman–Crippen LogP) is -0.0397. The molecule has 3 N–H and O–H groups in total. The molecule has 0 aromatic rings. The second-order valence-corrected chi connectivity index (χ2v) is 3.60. The van der Waals surface area contributed by atoms with Gasteiger partial charge in [-0.1, -0.05) is 0 Å². The van der Waals surface area contributed by atoms with Gasteiger partial charge in [-0.3, -0.25) is 0 Å². The normalized spacial score (nSPS) is 29.4. The molecule has 0 aliphatic carbocycles. The van der Waals surface area contributed by atoms with E-state index in [1.54, 1.807) is 0 Å². The molecule has 0 spiro atoms. The van der Waals surface area contributed by atoms with Crippen molar-refractivity contribution in [1.82, 2.24) is 21.5 Å². The minimum Gasteiger partial charge on any atom is -0.225 e. The maximum absolute atomic E-state index is 3.04. The van der Waals surface area contributed by atoms with Crippen LogP contribution in [0.25, 0.3) is 0 Å². The van der Waals surface area contributed by atoms with Crippen molar-refractivity contribution in [2.45, 2.75) is 39.4 Å². The van der Waals surface area contributed by atoms with Gasteiger partial charge < -0.3 is 0 Å². The zero-order chi connectivity index (χ0) is 7.78. The minimum absolute atomic E-state index is 0.149. The van der Waals surface area contributed by atoms with Gasteiger partial charge in [0.1, 0.15) is 0 Å². The summed E-state index contributed by atoms with van der Waals surface area (Å²) in [7, 11) is 0. The number of nitrogens with zero attached hydrogens (tertiary/aromatic N) is 1. The summed E-state index contributed by atoms with van der Waals surface area (Å²) in [6.07, 6.45) is 0.333. The topological polar surface area (TPSA) is 39.3 Å². The molecule has 1 aliphatic rings. The molecule has 60 valence electrons. The lowest BCUT2D eigenvalue weighted by Gasteiger charge is -2.32. The average Bonchev–Trinajstić information content (AvgIpc) is 2.11. The van der Waals surface area contributed by atoms with Gasteiger partial charge in [-0.2, -0.15) is 11.1 Å². The second-order valence-electron chi connectivity index (χ2n) is 3.60. The minimum atomic E-state index is 0.149. The highest BCUT2D eigenvalue weighted by molar-refractivity contribution is 4.77. The molecule has 0 aromatic carbocycles. The standard InChI is InChI=1S/C6H16N4/c1-5-7-8-9-10(5)6(2,3)4/h5,7-9H,1-4H3. The molecule has 10 heavy (non-hydrogen) atoms. The van der Waals surface area contributed by atoms with Crippen LogP contribution in [0.2, 0.25) is 0 Å². The molecule has 0 radical (unpaired) electrons. The van der Waals surface area contributed by atoms with Crippen molar-refractivity contribution in [3.63, 3.8) is 0 Å². The Hall–Kier alpha value is -0.160. The molecule has 1 fully saturated rings. The largest absolute Gasteiger partial charge is 0.225 e. The van der Waals surface area contributed by atoms with Crippen LogP contribution < -0.4 is 16.5 Å². The molecule has 0 bridgehead atoms. The summed E-state index contributed by atoms with van der Waals surface area (Å²) in [6, 6.07) is 0. The second kappa shape index (κ2) is 2.47. The summed E-state index contributed by atoms with van der Waals surface area (Å²) in [4.78, 5) is 0. The Morgan fingerprint density at radius 3 is 2.10 bits per heavy atom. The van der Waals surface area contributed by atoms with Crippen molar-refractivity contribution >= 4 is 0 Å². The first-order chi connectivity index (χ1) is 4.52. The summed E-state index contributed by atoms with van der Waals surface area (Å²) in [5.74, 6) is 0. The van der Waals surface area contributed by atoms with Gasteiger partial charge in [0.15, 0.2) is 0 Å². The molecule has 1 heterocycles. The summed E-state index contributed by atoms with van der Waals surface area (Å²) in [5.41, 5.74) is 9.06. The number of hydrazine groups is 3. The van der Waals surface area contributed by atoms with Gasteiger partial charge in [0.25, 0.3) is 0 Å². The summed E-state index contributed by atoms with van der Waals surface area (Å²) < 4.78 is 0. The first-order valence-electron chi connectivity index (χ1n) is 3.57.